The molecule has 1 amide bonds. The Morgan fingerprint density at radius 2 is 1.75 bits per heavy atom. The molecule has 1 aliphatic carbocycles. The molecule has 1 aliphatic heterocycles. The molecule has 0 atom stereocenters. The van der Waals surface area contributed by atoms with E-state index in [4.69, 9.17) is 4.37 Å². The molecule has 2 aromatic carbocycles. The molecule has 0 bridgehead atoms. The maximum Gasteiger partial charge on any atom is 0.224 e. The van der Waals surface area contributed by atoms with Crippen LogP contribution in [0.4, 0.5) is 11.5 Å². The van der Waals surface area contributed by atoms with Gasteiger partial charge in [-0.2, -0.15) is 4.37 Å². The predicted molar refractivity (Wildman–Crippen MR) is 134 cm³/mol. The van der Waals surface area contributed by atoms with Crippen LogP contribution in [-0.4, -0.2) is 47.9 Å². The van der Waals surface area contributed by atoms with Crippen molar-refractivity contribution in [2.75, 3.05) is 42.9 Å². The molecule has 1 aromatic heterocycles. The maximum atomic E-state index is 12.2. The van der Waals surface area contributed by atoms with Gasteiger partial charge in [0.25, 0.3) is 0 Å². The second-order valence-electron chi connectivity index (χ2n) is 9.18. The second-order valence-corrected chi connectivity index (χ2v) is 9.99. The van der Waals surface area contributed by atoms with Crippen molar-refractivity contribution in [3.8, 4) is 0 Å². The number of hydrogen-bond acceptors (Lipinski definition) is 5. The van der Waals surface area contributed by atoms with Crippen molar-refractivity contribution in [2.24, 2.45) is 5.92 Å². The second kappa shape index (κ2) is 10.0. The number of carbonyl (C=O) groups is 1. The Hall–Kier alpha value is -2.44. The third-order valence-electron chi connectivity index (χ3n) is 6.93. The zero-order chi connectivity index (χ0) is 21.8. The van der Waals surface area contributed by atoms with Gasteiger partial charge in [-0.05, 0) is 66.5 Å². The maximum absolute atomic E-state index is 12.2. The van der Waals surface area contributed by atoms with Crippen molar-refractivity contribution < 1.29 is 4.79 Å². The number of nitrogens with zero attached hydrogens (tertiary/aromatic N) is 3. The first-order valence-electron chi connectivity index (χ1n) is 11.9. The van der Waals surface area contributed by atoms with E-state index in [1.165, 1.54) is 41.3 Å². The lowest BCUT2D eigenvalue weighted by Gasteiger charge is -2.35. The molecule has 5 rings (SSSR count). The van der Waals surface area contributed by atoms with E-state index < -0.39 is 0 Å². The number of rotatable bonds is 7. The minimum absolute atomic E-state index is 0.162. The van der Waals surface area contributed by atoms with Gasteiger partial charge in [0.2, 0.25) is 5.91 Å². The standard InChI is InChI=1S/C26H32N4OS/c31-25(19-21-5-1-2-6-21)27-22-11-9-20(10-12-22)13-14-29-15-17-30(18-16-29)26-23-7-3-4-8-24(23)32-28-26/h3-4,7-12,21H,1-2,5-6,13-19H2,(H,27,31). The number of fused-ring (bicyclic) bond motifs is 1. The van der Waals surface area contributed by atoms with Crippen LogP contribution in [0.2, 0.25) is 0 Å². The first-order valence-corrected chi connectivity index (χ1v) is 12.7. The fourth-order valence-corrected chi connectivity index (χ4v) is 5.81. The van der Waals surface area contributed by atoms with E-state index in [0.29, 0.717) is 12.3 Å². The number of benzene rings is 2. The Kier molecular flexibility index (Phi) is 6.69. The smallest absolute Gasteiger partial charge is 0.224 e. The minimum Gasteiger partial charge on any atom is -0.353 e. The van der Waals surface area contributed by atoms with E-state index in [2.05, 4.69) is 51.5 Å². The topological polar surface area (TPSA) is 48.5 Å². The van der Waals surface area contributed by atoms with Gasteiger partial charge in [0, 0.05) is 50.2 Å². The largest absolute Gasteiger partial charge is 0.353 e. The molecule has 2 aliphatic rings. The monoisotopic (exact) mass is 448 g/mol. The van der Waals surface area contributed by atoms with E-state index in [-0.39, 0.29) is 5.91 Å². The predicted octanol–water partition coefficient (Wildman–Crippen LogP) is 5.18. The SMILES string of the molecule is O=C(CC1CCCC1)Nc1ccc(CCN2CCN(c3nsc4ccccc34)CC2)cc1. The molecule has 0 radical (unpaired) electrons. The Morgan fingerprint density at radius 1 is 1.00 bits per heavy atom. The molecular weight excluding hydrogens is 416 g/mol. The van der Waals surface area contributed by atoms with E-state index in [1.54, 1.807) is 11.5 Å². The highest BCUT2D eigenvalue weighted by atomic mass is 32.1. The first kappa shape index (κ1) is 21.4. The van der Waals surface area contributed by atoms with Gasteiger partial charge in [-0.15, -0.1) is 0 Å². The van der Waals surface area contributed by atoms with E-state index in [0.717, 1.165) is 50.6 Å². The third-order valence-corrected chi connectivity index (χ3v) is 7.75. The summed E-state index contributed by atoms with van der Waals surface area (Å²) in [5.41, 5.74) is 2.24. The number of anilines is 2. The van der Waals surface area contributed by atoms with Crippen molar-refractivity contribution in [1.29, 1.82) is 0 Å². The van der Waals surface area contributed by atoms with Crippen LogP contribution in [-0.2, 0) is 11.2 Å². The van der Waals surface area contributed by atoms with Gasteiger partial charge >= 0.3 is 0 Å². The first-order chi connectivity index (χ1) is 15.7. The fourth-order valence-electron chi connectivity index (χ4n) is 5.01. The quantitative estimate of drug-likeness (QED) is 0.541. The summed E-state index contributed by atoms with van der Waals surface area (Å²) in [4.78, 5) is 17.2. The fraction of sp³-hybridized carbons (Fsp3) is 0.462. The third kappa shape index (κ3) is 5.13. The molecule has 0 spiro atoms. The van der Waals surface area contributed by atoms with Gasteiger partial charge in [0.1, 0.15) is 5.82 Å². The number of aromatic nitrogens is 1. The van der Waals surface area contributed by atoms with Crippen molar-refractivity contribution in [1.82, 2.24) is 9.27 Å². The number of carbonyl (C=O) groups excluding carboxylic acids is 1. The molecule has 1 saturated carbocycles. The van der Waals surface area contributed by atoms with Gasteiger partial charge < -0.3 is 10.2 Å². The van der Waals surface area contributed by atoms with Crippen molar-refractivity contribution in [3.05, 3.63) is 54.1 Å². The molecule has 2 fully saturated rings. The summed E-state index contributed by atoms with van der Waals surface area (Å²) >= 11 is 1.60. The summed E-state index contributed by atoms with van der Waals surface area (Å²) in [6.45, 7) is 5.26. The molecule has 2 heterocycles. The van der Waals surface area contributed by atoms with Gasteiger partial charge in [0.05, 0.1) is 4.70 Å². The van der Waals surface area contributed by atoms with Crippen LogP contribution in [0, 0.1) is 5.92 Å². The number of piperazine rings is 1. The van der Waals surface area contributed by atoms with Crippen molar-refractivity contribution in [2.45, 2.75) is 38.5 Å². The molecule has 168 valence electrons. The molecular formula is C26H32N4OS. The lowest BCUT2D eigenvalue weighted by molar-refractivity contribution is -0.117. The Morgan fingerprint density at radius 3 is 2.53 bits per heavy atom. The normalized spacial score (nSPS) is 17.8. The highest BCUT2D eigenvalue weighted by Gasteiger charge is 2.21. The summed E-state index contributed by atoms with van der Waals surface area (Å²) in [5.74, 6) is 1.90. The summed E-state index contributed by atoms with van der Waals surface area (Å²) in [5, 5.41) is 4.35. The Bertz CT molecular complexity index is 1030. The molecule has 1 N–H and O–H groups in total. The minimum atomic E-state index is 0.162. The summed E-state index contributed by atoms with van der Waals surface area (Å²) in [6.07, 6.45) is 6.69. The molecule has 3 aromatic rings. The molecule has 6 heteroatoms. The number of hydrogen-bond donors (Lipinski definition) is 1. The van der Waals surface area contributed by atoms with Crippen LogP contribution < -0.4 is 10.2 Å². The lowest BCUT2D eigenvalue weighted by atomic mass is 10.0. The average molecular weight is 449 g/mol. The number of nitrogens with one attached hydrogen (secondary N) is 1. The van der Waals surface area contributed by atoms with Crippen LogP contribution >= 0.6 is 11.5 Å². The van der Waals surface area contributed by atoms with E-state index >= 15 is 0 Å². The number of amides is 1. The summed E-state index contributed by atoms with van der Waals surface area (Å²) < 4.78 is 5.98. The molecule has 32 heavy (non-hydrogen) atoms. The van der Waals surface area contributed by atoms with Gasteiger partial charge in [-0.3, -0.25) is 9.69 Å². The molecule has 1 saturated heterocycles. The van der Waals surface area contributed by atoms with Crippen LogP contribution in [0.5, 0.6) is 0 Å². The zero-order valence-corrected chi connectivity index (χ0v) is 19.4. The van der Waals surface area contributed by atoms with Crippen LogP contribution in [0.15, 0.2) is 48.5 Å². The lowest BCUT2D eigenvalue weighted by Crippen LogP contribution is -2.47. The summed E-state index contributed by atoms with van der Waals surface area (Å²) in [7, 11) is 0. The Balaban J connectivity index is 1.07. The van der Waals surface area contributed by atoms with Gasteiger partial charge in [0.15, 0.2) is 0 Å². The average Bonchev–Trinajstić information content (AvgIpc) is 3.49. The van der Waals surface area contributed by atoms with Gasteiger partial charge in [-0.25, -0.2) is 0 Å². The summed E-state index contributed by atoms with van der Waals surface area (Å²) in [6, 6.07) is 16.9. The highest BCUT2D eigenvalue weighted by Crippen LogP contribution is 2.30. The van der Waals surface area contributed by atoms with Crippen LogP contribution in [0.25, 0.3) is 10.1 Å². The molecule has 5 nitrogen and oxygen atoms in total. The van der Waals surface area contributed by atoms with Crippen molar-refractivity contribution in [3.63, 3.8) is 0 Å². The van der Waals surface area contributed by atoms with Gasteiger partial charge in [-0.1, -0.05) is 37.1 Å². The van der Waals surface area contributed by atoms with E-state index in [1.807, 2.05) is 12.1 Å². The van der Waals surface area contributed by atoms with Crippen molar-refractivity contribution >= 4 is 39.0 Å². The zero-order valence-electron chi connectivity index (χ0n) is 18.6. The van der Waals surface area contributed by atoms with E-state index in [9.17, 15) is 4.79 Å². The Labute approximate surface area is 194 Å². The highest BCUT2D eigenvalue weighted by molar-refractivity contribution is 7.13. The van der Waals surface area contributed by atoms with Crippen LogP contribution in [0.3, 0.4) is 0 Å². The molecule has 0 unspecified atom stereocenters. The van der Waals surface area contributed by atoms with Crippen LogP contribution in [0.1, 0.15) is 37.7 Å².